The first-order valence-corrected chi connectivity index (χ1v) is 7.19. The van der Waals surface area contributed by atoms with Crippen LogP contribution in [0.3, 0.4) is 0 Å². The highest BCUT2D eigenvalue weighted by Gasteiger charge is 2.09. The number of rotatable bonds is 1. The zero-order valence-electron chi connectivity index (χ0n) is 13.7. The lowest BCUT2D eigenvalue weighted by molar-refractivity contribution is 0.413. The van der Waals surface area contributed by atoms with Gasteiger partial charge in [0.1, 0.15) is 45.0 Å². The van der Waals surface area contributed by atoms with Crippen molar-refractivity contribution in [3.05, 3.63) is 35.4 Å². The Balaban J connectivity index is 2.59. The van der Waals surface area contributed by atoms with Crippen molar-refractivity contribution in [2.24, 2.45) is 0 Å². The Kier molecular flexibility index (Phi) is 4.63. The van der Waals surface area contributed by atoms with Crippen molar-refractivity contribution in [1.82, 2.24) is 0 Å². The largest absolute Gasteiger partial charge is 0.495 e. The third-order valence-corrected chi connectivity index (χ3v) is 4.43. The average molecular weight is 267 g/mol. The van der Waals surface area contributed by atoms with Gasteiger partial charge in [0.25, 0.3) is 0 Å². The molecule has 1 nitrogen and oxygen atoms in total. The quantitative estimate of drug-likeness (QED) is 0.370. The van der Waals surface area contributed by atoms with E-state index in [9.17, 15) is 0 Å². The van der Waals surface area contributed by atoms with Crippen LogP contribution in [0.1, 0.15) is 11.1 Å². The van der Waals surface area contributed by atoms with Gasteiger partial charge in [0, 0.05) is 5.56 Å². The van der Waals surface area contributed by atoms with Gasteiger partial charge >= 0.3 is 0 Å². The van der Waals surface area contributed by atoms with Crippen LogP contribution in [0.25, 0.3) is 0 Å². The van der Waals surface area contributed by atoms with Crippen LogP contribution in [-0.2, 0) is 0 Å². The van der Waals surface area contributed by atoms with Crippen molar-refractivity contribution < 1.29 is 4.74 Å². The van der Waals surface area contributed by atoms with E-state index in [0.717, 1.165) is 16.9 Å². The lowest BCUT2D eigenvalue weighted by Crippen LogP contribution is -2.55. The maximum Gasteiger partial charge on any atom is 0.140 e. The first-order chi connectivity index (χ1) is 9.97. The number of para-hydroxylation sites is 1. The summed E-state index contributed by atoms with van der Waals surface area (Å²) in [4.78, 5) is 0. The molecule has 6 heteroatoms. The summed E-state index contributed by atoms with van der Waals surface area (Å²) >= 11 is 0. The molecule has 0 spiro atoms. The topological polar surface area (TPSA) is 9.23 Å². The monoisotopic (exact) mass is 268 g/mol. The van der Waals surface area contributed by atoms with Crippen LogP contribution in [-0.4, -0.2) is 46.3 Å². The second-order valence-electron chi connectivity index (χ2n) is 5.45. The molecule has 0 fully saturated rings. The van der Waals surface area contributed by atoms with E-state index < -0.39 is 0 Å². The number of hydrogen-bond acceptors (Lipinski definition) is 1. The molecule has 0 atom stereocenters. The summed E-state index contributed by atoms with van der Waals surface area (Å²) in [5.74, 6) is 7.43. The summed E-state index contributed by atoms with van der Waals surface area (Å²) in [5.41, 5.74) is 8.66. The van der Waals surface area contributed by atoms with Gasteiger partial charge in [-0.15, -0.1) is 16.4 Å². The molecule has 0 unspecified atom stereocenters. The third-order valence-electron chi connectivity index (χ3n) is 4.43. The maximum absolute atomic E-state index is 5.36. The van der Waals surface area contributed by atoms with Crippen molar-refractivity contribution in [2.75, 3.05) is 7.11 Å². The SMILES string of the molecule is Bc1c(B)c(B)c(C#Cc2ccccc2OC)c(B)c1B. The molecule has 2 rings (SSSR count). The number of ether oxygens (including phenoxy) is 1. The fourth-order valence-electron chi connectivity index (χ4n) is 2.57. The molecule has 0 N–H and O–H groups in total. The number of methoxy groups -OCH3 is 1. The first kappa shape index (κ1) is 15.5. The van der Waals surface area contributed by atoms with Crippen molar-refractivity contribution in [1.29, 1.82) is 0 Å². The van der Waals surface area contributed by atoms with Gasteiger partial charge in [0.05, 0.1) is 12.7 Å². The van der Waals surface area contributed by atoms with E-state index in [2.05, 4.69) is 51.1 Å². The minimum atomic E-state index is 0.820. The molecule has 0 radical (unpaired) electrons. The average Bonchev–Trinajstić information content (AvgIpc) is 2.51. The minimum Gasteiger partial charge on any atom is -0.495 e. The van der Waals surface area contributed by atoms with Crippen LogP contribution in [0.5, 0.6) is 5.75 Å². The summed E-state index contributed by atoms with van der Waals surface area (Å²) in [7, 11) is 12.5. The van der Waals surface area contributed by atoms with Gasteiger partial charge in [0.2, 0.25) is 0 Å². The van der Waals surface area contributed by atoms with E-state index in [4.69, 9.17) is 4.74 Å². The Bertz CT molecular complexity index is 730. The van der Waals surface area contributed by atoms with Gasteiger partial charge in [-0.2, -0.15) is 0 Å². The molecule has 2 aromatic carbocycles. The lowest BCUT2D eigenvalue weighted by Gasteiger charge is -2.16. The summed E-state index contributed by atoms with van der Waals surface area (Å²) in [5, 5.41) is 0. The van der Waals surface area contributed by atoms with E-state index in [-0.39, 0.29) is 0 Å². The van der Waals surface area contributed by atoms with Crippen LogP contribution in [0.15, 0.2) is 24.3 Å². The van der Waals surface area contributed by atoms with Crippen LogP contribution < -0.4 is 32.1 Å². The van der Waals surface area contributed by atoms with Gasteiger partial charge in [-0.1, -0.05) is 34.9 Å². The Morgan fingerprint density at radius 1 is 0.762 bits per heavy atom. The van der Waals surface area contributed by atoms with E-state index in [0.29, 0.717) is 0 Å². The molecule has 0 saturated heterocycles. The van der Waals surface area contributed by atoms with E-state index in [1.54, 1.807) is 7.11 Å². The summed E-state index contributed by atoms with van der Waals surface area (Å²) in [6.07, 6.45) is 0. The van der Waals surface area contributed by atoms with Crippen molar-refractivity contribution >= 4 is 66.5 Å². The molecule has 0 aliphatic heterocycles. The number of hydrogen-bond donors (Lipinski definition) is 0. The third kappa shape index (κ3) is 2.93. The minimum absolute atomic E-state index is 0.820. The Morgan fingerprint density at radius 2 is 1.29 bits per heavy atom. The summed E-state index contributed by atoms with van der Waals surface area (Å²) in [6.45, 7) is 0. The van der Waals surface area contributed by atoms with Crippen LogP contribution >= 0.6 is 0 Å². The Morgan fingerprint density at radius 3 is 1.86 bits per heavy atom. The fourth-order valence-corrected chi connectivity index (χ4v) is 2.57. The molecular weight excluding hydrogens is 250 g/mol. The van der Waals surface area contributed by atoms with Crippen molar-refractivity contribution in [2.45, 2.75) is 0 Å². The number of benzene rings is 2. The Labute approximate surface area is 131 Å². The molecule has 0 aliphatic rings. The molecule has 0 saturated carbocycles. The molecule has 0 aliphatic carbocycles. The molecule has 0 amide bonds. The fraction of sp³-hybridized carbons (Fsp3) is 0.0667. The van der Waals surface area contributed by atoms with E-state index in [1.165, 1.54) is 27.3 Å². The van der Waals surface area contributed by atoms with Gasteiger partial charge in [-0.05, 0) is 12.1 Å². The molecule has 0 bridgehead atoms. The van der Waals surface area contributed by atoms with Crippen LogP contribution in [0, 0.1) is 11.8 Å². The van der Waals surface area contributed by atoms with E-state index >= 15 is 0 Å². The van der Waals surface area contributed by atoms with Crippen LogP contribution in [0.2, 0.25) is 0 Å². The van der Waals surface area contributed by atoms with Gasteiger partial charge in [-0.25, -0.2) is 0 Å². The zero-order chi connectivity index (χ0) is 15.6. The predicted molar refractivity (Wildman–Crippen MR) is 106 cm³/mol. The molecule has 21 heavy (non-hydrogen) atoms. The Hall–Kier alpha value is -1.88. The normalized spacial score (nSPS) is 9.76. The van der Waals surface area contributed by atoms with Crippen molar-refractivity contribution in [3.8, 4) is 17.6 Å². The summed E-state index contributed by atoms with van der Waals surface area (Å²) < 4.78 is 5.36. The molecule has 0 heterocycles. The smallest absolute Gasteiger partial charge is 0.140 e. The van der Waals surface area contributed by atoms with Crippen LogP contribution in [0.4, 0.5) is 0 Å². The highest BCUT2D eigenvalue weighted by atomic mass is 16.5. The highest BCUT2D eigenvalue weighted by molar-refractivity contribution is 6.67. The van der Waals surface area contributed by atoms with Gasteiger partial charge < -0.3 is 4.74 Å². The highest BCUT2D eigenvalue weighted by Crippen LogP contribution is 2.15. The lowest BCUT2D eigenvalue weighted by atomic mass is 9.60. The molecule has 2 aromatic rings. The van der Waals surface area contributed by atoms with E-state index in [1.807, 2.05) is 24.3 Å². The zero-order valence-corrected chi connectivity index (χ0v) is 13.7. The second kappa shape index (κ2) is 6.27. The molecular formula is C15H17B5O. The van der Waals surface area contributed by atoms with Gasteiger partial charge in [0.15, 0.2) is 0 Å². The first-order valence-electron chi connectivity index (χ1n) is 7.19. The van der Waals surface area contributed by atoms with Gasteiger partial charge in [-0.3, -0.25) is 0 Å². The standard InChI is InChI=1S/C15H17B5O/c1-21-10-5-3-2-4-8(10)6-7-9-11(16)13(18)15(20)14(19)12(9)17/h2-5H,16-20H2,1H3. The summed E-state index contributed by atoms with van der Waals surface area (Å²) in [6, 6.07) is 7.87. The molecule has 98 valence electrons. The predicted octanol–water partition coefficient (Wildman–Crippen LogP) is -5.61. The second-order valence-corrected chi connectivity index (χ2v) is 5.45. The van der Waals surface area contributed by atoms with Crippen molar-refractivity contribution in [3.63, 3.8) is 0 Å². The maximum atomic E-state index is 5.36. The molecule has 0 aromatic heterocycles.